The van der Waals surface area contributed by atoms with Crippen LogP contribution in [0, 0.1) is 0 Å². The Bertz CT molecular complexity index is 715. The first-order valence-electron chi connectivity index (χ1n) is 8.01. The van der Waals surface area contributed by atoms with Gasteiger partial charge in [0.05, 0.1) is 11.2 Å². The van der Waals surface area contributed by atoms with Crippen molar-refractivity contribution >= 4 is 22.4 Å². The second kappa shape index (κ2) is 7.53. The number of hydrogen-bond acceptors (Lipinski definition) is 5. The second-order valence-electron chi connectivity index (χ2n) is 5.79. The maximum atomic E-state index is 12.1. The van der Waals surface area contributed by atoms with Gasteiger partial charge in [0.15, 0.2) is 11.5 Å². The summed E-state index contributed by atoms with van der Waals surface area (Å²) in [6, 6.07) is 5.61. The van der Waals surface area contributed by atoms with Gasteiger partial charge in [-0.05, 0) is 24.0 Å². The quantitative estimate of drug-likeness (QED) is 0.869. The van der Waals surface area contributed by atoms with Crippen molar-refractivity contribution < 1.29 is 14.3 Å². The van der Waals surface area contributed by atoms with Crippen LogP contribution in [-0.4, -0.2) is 30.8 Å². The third-order valence-electron chi connectivity index (χ3n) is 3.70. The van der Waals surface area contributed by atoms with Crippen LogP contribution in [0.5, 0.6) is 11.5 Å². The summed E-state index contributed by atoms with van der Waals surface area (Å²) in [6.07, 6.45) is 0.680. The molecule has 0 spiro atoms. The molecule has 1 aliphatic rings. The first-order chi connectivity index (χ1) is 11.6. The number of benzene rings is 1. The summed E-state index contributed by atoms with van der Waals surface area (Å²) in [6.45, 7) is 5.75. The van der Waals surface area contributed by atoms with Gasteiger partial charge in [-0.25, -0.2) is 9.78 Å². The Kier molecular flexibility index (Phi) is 5.20. The Balaban J connectivity index is 1.53. The Hall–Kier alpha value is -2.28. The van der Waals surface area contributed by atoms with Crippen LogP contribution in [0.4, 0.5) is 9.80 Å². The van der Waals surface area contributed by atoms with Gasteiger partial charge in [0, 0.05) is 6.54 Å². The number of hydrogen-bond donors (Lipinski definition) is 2. The lowest BCUT2D eigenvalue weighted by Crippen LogP contribution is -2.30. The predicted molar refractivity (Wildman–Crippen MR) is 94.4 cm³/mol. The fraction of sp³-hybridized carbons (Fsp3) is 0.412. The van der Waals surface area contributed by atoms with Gasteiger partial charge in [-0.2, -0.15) is 0 Å². The SMILES string of the molecule is CC(C)c1ncsc1NC(=O)NCCc1cccc2c1OCCO2. The minimum absolute atomic E-state index is 0.219. The molecule has 0 bridgehead atoms. The molecule has 128 valence electrons. The maximum Gasteiger partial charge on any atom is 0.319 e. The summed E-state index contributed by atoms with van der Waals surface area (Å²) in [7, 11) is 0. The average Bonchev–Trinajstić information content (AvgIpc) is 3.03. The van der Waals surface area contributed by atoms with Crippen LogP contribution in [0.3, 0.4) is 0 Å². The monoisotopic (exact) mass is 347 g/mol. The van der Waals surface area contributed by atoms with Gasteiger partial charge >= 0.3 is 6.03 Å². The molecule has 24 heavy (non-hydrogen) atoms. The summed E-state index contributed by atoms with van der Waals surface area (Å²) >= 11 is 1.44. The molecule has 2 aromatic rings. The van der Waals surface area contributed by atoms with E-state index in [1.165, 1.54) is 11.3 Å². The highest BCUT2D eigenvalue weighted by atomic mass is 32.1. The van der Waals surface area contributed by atoms with Gasteiger partial charge in [0.2, 0.25) is 0 Å². The smallest absolute Gasteiger partial charge is 0.319 e. The largest absolute Gasteiger partial charge is 0.486 e. The number of rotatable bonds is 5. The highest BCUT2D eigenvalue weighted by molar-refractivity contribution is 7.14. The molecule has 7 heteroatoms. The summed E-state index contributed by atoms with van der Waals surface area (Å²) in [4.78, 5) is 16.4. The number of amides is 2. The third kappa shape index (κ3) is 3.79. The number of para-hydroxylation sites is 1. The lowest BCUT2D eigenvalue weighted by atomic mass is 10.1. The second-order valence-corrected chi connectivity index (χ2v) is 6.65. The number of fused-ring (bicyclic) bond motifs is 1. The van der Waals surface area contributed by atoms with E-state index in [9.17, 15) is 4.79 Å². The number of aromatic nitrogens is 1. The van der Waals surface area contributed by atoms with Crippen molar-refractivity contribution in [3.05, 3.63) is 35.0 Å². The van der Waals surface area contributed by atoms with E-state index in [-0.39, 0.29) is 11.9 Å². The molecule has 0 aliphatic carbocycles. The maximum absolute atomic E-state index is 12.1. The topological polar surface area (TPSA) is 72.5 Å². The first-order valence-corrected chi connectivity index (χ1v) is 8.89. The normalized spacial score (nSPS) is 13.0. The van der Waals surface area contributed by atoms with Gasteiger partial charge in [-0.3, -0.25) is 5.32 Å². The Morgan fingerprint density at radius 2 is 2.17 bits per heavy atom. The van der Waals surface area contributed by atoms with Gasteiger partial charge in [-0.15, -0.1) is 11.3 Å². The number of carbonyl (C=O) groups is 1. The molecule has 1 aliphatic heterocycles. The van der Waals surface area contributed by atoms with Crippen molar-refractivity contribution in [2.75, 3.05) is 25.1 Å². The van der Waals surface area contributed by atoms with Crippen LogP contribution < -0.4 is 20.1 Å². The minimum atomic E-state index is -0.219. The predicted octanol–water partition coefficient (Wildman–Crippen LogP) is 3.40. The zero-order chi connectivity index (χ0) is 16.9. The van der Waals surface area contributed by atoms with Crippen molar-refractivity contribution in [1.82, 2.24) is 10.3 Å². The summed E-state index contributed by atoms with van der Waals surface area (Å²) in [5.74, 6) is 1.84. The van der Waals surface area contributed by atoms with Gasteiger partial charge in [-0.1, -0.05) is 26.0 Å². The average molecular weight is 347 g/mol. The molecule has 0 fully saturated rings. The number of ether oxygens (including phenoxy) is 2. The van der Waals surface area contributed by atoms with E-state index in [2.05, 4.69) is 29.5 Å². The zero-order valence-corrected chi connectivity index (χ0v) is 14.6. The van der Waals surface area contributed by atoms with Crippen molar-refractivity contribution in [3.8, 4) is 11.5 Å². The number of anilines is 1. The molecular formula is C17H21N3O3S. The van der Waals surface area contributed by atoms with Crippen molar-refractivity contribution in [2.45, 2.75) is 26.2 Å². The highest BCUT2D eigenvalue weighted by Gasteiger charge is 2.16. The minimum Gasteiger partial charge on any atom is -0.486 e. The summed E-state index contributed by atoms with van der Waals surface area (Å²) in [5.41, 5.74) is 3.70. The molecule has 3 rings (SSSR count). The highest BCUT2D eigenvalue weighted by Crippen LogP contribution is 2.33. The van der Waals surface area contributed by atoms with E-state index in [0.717, 1.165) is 27.8 Å². The molecule has 0 saturated carbocycles. The van der Waals surface area contributed by atoms with Crippen LogP contribution in [0.2, 0.25) is 0 Å². The molecule has 2 N–H and O–H groups in total. The van der Waals surface area contributed by atoms with Crippen LogP contribution in [0.1, 0.15) is 31.0 Å². The van der Waals surface area contributed by atoms with Crippen LogP contribution >= 0.6 is 11.3 Å². The van der Waals surface area contributed by atoms with E-state index in [4.69, 9.17) is 9.47 Å². The fourth-order valence-corrected chi connectivity index (χ4v) is 3.38. The summed E-state index contributed by atoms with van der Waals surface area (Å²) in [5, 5.41) is 6.55. The van der Waals surface area contributed by atoms with E-state index in [0.29, 0.717) is 26.2 Å². The molecule has 2 amide bonds. The molecule has 0 atom stereocenters. The standard InChI is InChI=1S/C17H21N3O3S/c1-11(2)14-16(24-10-19-14)20-17(21)18-7-6-12-4-3-5-13-15(12)23-9-8-22-13/h3-5,10-11H,6-9H2,1-2H3,(H2,18,20,21). The molecule has 2 heterocycles. The number of nitrogens with one attached hydrogen (secondary N) is 2. The molecule has 0 saturated heterocycles. The van der Waals surface area contributed by atoms with Crippen LogP contribution in [-0.2, 0) is 6.42 Å². The zero-order valence-electron chi connectivity index (χ0n) is 13.8. The number of nitrogens with zero attached hydrogens (tertiary/aromatic N) is 1. The van der Waals surface area contributed by atoms with Crippen molar-refractivity contribution in [3.63, 3.8) is 0 Å². The Morgan fingerprint density at radius 3 is 3.00 bits per heavy atom. The lowest BCUT2D eigenvalue weighted by molar-refractivity contribution is 0.170. The van der Waals surface area contributed by atoms with E-state index < -0.39 is 0 Å². The number of thiazole rings is 1. The van der Waals surface area contributed by atoms with Gasteiger partial charge < -0.3 is 14.8 Å². The fourth-order valence-electron chi connectivity index (χ4n) is 2.55. The number of carbonyl (C=O) groups excluding carboxylic acids is 1. The Morgan fingerprint density at radius 1 is 1.33 bits per heavy atom. The van der Waals surface area contributed by atoms with Crippen LogP contribution in [0.25, 0.3) is 0 Å². The van der Waals surface area contributed by atoms with E-state index in [1.54, 1.807) is 5.51 Å². The molecule has 0 radical (unpaired) electrons. The van der Waals surface area contributed by atoms with Gasteiger partial charge in [0.25, 0.3) is 0 Å². The third-order valence-corrected chi connectivity index (χ3v) is 4.45. The Labute approximate surface area is 145 Å². The van der Waals surface area contributed by atoms with E-state index >= 15 is 0 Å². The molecular weight excluding hydrogens is 326 g/mol. The molecule has 1 aromatic heterocycles. The molecule has 1 aromatic carbocycles. The van der Waals surface area contributed by atoms with Crippen molar-refractivity contribution in [2.24, 2.45) is 0 Å². The number of urea groups is 1. The van der Waals surface area contributed by atoms with Crippen molar-refractivity contribution in [1.29, 1.82) is 0 Å². The molecule has 0 unspecified atom stereocenters. The van der Waals surface area contributed by atoms with Crippen LogP contribution in [0.15, 0.2) is 23.7 Å². The summed E-state index contributed by atoms with van der Waals surface area (Å²) < 4.78 is 11.2. The van der Waals surface area contributed by atoms with Gasteiger partial charge in [0.1, 0.15) is 18.2 Å². The lowest BCUT2D eigenvalue weighted by Gasteiger charge is -2.21. The van der Waals surface area contributed by atoms with E-state index in [1.807, 2.05) is 18.2 Å². The first kappa shape index (κ1) is 16.6. The molecule has 6 nitrogen and oxygen atoms in total.